The van der Waals surface area contributed by atoms with Gasteiger partial charge in [-0.3, -0.25) is 5.10 Å². The Morgan fingerprint density at radius 3 is 3.00 bits per heavy atom. The maximum absolute atomic E-state index is 14.8. The molecule has 0 radical (unpaired) electrons. The Kier molecular flexibility index (Phi) is 3.16. The van der Waals surface area contributed by atoms with Crippen LogP contribution in [0.5, 0.6) is 5.75 Å². The molecule has 0 spiro atoms. The zero-order valence-electron chi connectivity index (χ0n) is 13.3. The van der Waals surface area contributed by atoms with E-state index in [0.717, 1.165) is 16.5 Å². The number of rotatable bonds is 3. The van der Waals surface area contributed by atoms with Gasteiger partial charge < -0.3 is 10.5 Å². The minimum atomic E-state index is -0.378. The fraction of sp³-hybridized carbons (Fsp3) is 0.176. The number of hydrogen-bond acceptors (Lipinski definition) is 4. The van der Waals surface area contributed by atoms with Gasteiger partial charge in [0.25, 0.3) is 0 Å². The second kappa shape index (κ2) is 5.23. The molecule has 0 bridgehead atoms. The highest BCUT2D eigenvalue weighted by Gasteiger charge is 2.21. The van der Waals surface area contributed by atoms with Crippen LogP contribution in [0.25, 0.3) is 27.5 Å². The van der Waals surface area contributed by atoms with Crippen molar-refractivity contribution in [3.63, 3.8) is 0 Å². The minimum absolute atomic E-state index is 0.237. The van der Waals surface area contributed by atoms with Crippen LogP contribution in [0.1, 0.15) is 12.5 Å². The largest absolute Gasteiger partial charge is 0.490 e. The van der Waals surface area contributed by atoms with Gasteiger partial charge in [0, 0.05) is 28.8 Å². The summed E-state index contributed by atoms with van der Waals surface area (Å²) < 4.78 is 22.2. The number of ether oxygens (including phenoxy) is 1. The highest BCUT2D eigenvalue weighted by Crippen LogP contribution is 2.41. The first-order chi connectivity index (χ1) is 11.6. The lowest BCUT2D eigenvalue weighted by Gasteiger charge is -2.15. The molecule has 0 amide bonds. The summed E-state index contributed by atoms with van der Waals surface area (Å²) in [7, 11) is 0. The van der Waals surface area contributed by atoms with Crippen LogP contribution >= 0.6 is 0 Å². The summed E-state index contributed by atoms with van der Waals surface area (Å²) in [5.41, 5.74) is 9.21. The molecule has 0 atom stereocenters. The number of halogens is 1. The van der Waals surface area contributed by atoms with Crippen molar-refractivity contribution in [1.82, 2.24) is 19.8 Å². The quantitative estimate of drug-likeness (QED) is 0.605. The summed E-state index contributed by atoms with van der Waals surface area (Å²) in [5.74, 6) is 0.290. The molecule has 0 aliphatic carbocycles. The highest BCUT2D eigenvalue weighted by atomic mass is 19.1. The molecule has 122 valence electrons. The molecule has 24 heavy (non-hydrogen) atoms. The number of pyridine rings is 1. The van der Waals surface area contributed by atoms with E-state index in [1.165, 1.54) is 0 Å². The standard InChI is InChI=1S/C17H16FN5O/c1-3-24-17-14(12-8-20-21-16(12)9(2)15(17)18)10-4-5-23-11(6-10)7-13(19)22-23/h4-8H,3H2,1-2H3,(H2,19,22)(H,20,21). The van der Waals surface area contributed by atoms with Crippen molar-refractivity contribution >= 4 is 22.2 Å². The SMILES string of the molecule is CCOc1c(F)c(C)c2[nH]ncc2c1-c1ccn2nc(N)cc2c1. The third-order valence-corrected chi connectivity index (χ3v) is 4.10. The van der Waals surface area contributed by atoms with Crippen molar-refractivity contribution < 1.29 is 9.13 Å². The third-order valence-electron chi connectivity index (χ3n) is 4.10. The second-order valence-corrected chi connectivity index (χ2v) is 5.59. The zero-order valence-corrected chi connectivity index (χ0v) is 13.3. The maximum Gasteiger partial charge on any atom is 0.170 e. The van der Waals surface area contributed by atoms with E-state index in [2.05, 4.69) is 15.3 Å². The molecule has 6 nitrogen and oxygen atoms in total. The van der Waals surface area contributed by atoms with E-state index in [-0.39, 0.29) is 11.6 Å². The molecule has 7 heteroatoms. The van der Waals surface area contributed by atoms with Crippen molar-refractivity contribution in [2.45, 2.75) is 13.8 Å². The molecular weight excluding hydrogens is 309 g/mol. The van der Waals surface area contributed by atoms with E-state index in [9.17, 15) is 4.39 Å². The average molecular weight is 325 g/mol. The normalized spacial score (nSPS) is 11.5. The van der Waals surface area contributed by atoms with Crippen LogP contribution in [0.15, 0.2) is 30.6 Å². The van der Waals surface area contributed by atoms with Gasteiger partial charge in [-0.25, -0.2) is 8.91 Å². The molecule has 0 saturated carbocycles. The molecule has 3 heterocycles. The molecule has 3 N–H and O–H groups in total. The van der Waals surface area contributed by atoms with Gasteiger partial charge in [0.05, 0.1) is 23.8 Å². The summed E-state index contributed by atoms with van der Waals surface area (Å²) in [6.07, 6.45) is 3.48. The number of aryl methyl sites for hydroxylation is 1. The molecule has 0 fully saturated rings. The van der Waals surface area contributed by atoms with E-state index in [4.69, 9.17) is 10.5 Å². The van der Waals surface area contributed by atoms with Crippen LogP contribution in [0, 0.1) is 12.7 Å². The number of fused-ring (bicyclic) bond motifs is 2. The number of nitrogens with two attached hydrogens (primary N) is 1. The Morgan fingerprint density at radius 1 is 1.38 bits per heavy atom. The first-order valence-electron chi connectivity index (χ1n) is 7.63. The Morgan fingerprint density at radius 2 is 2.21 bits per heavy atom. The van der Waals surface area contributed by atoms with E-state index >= 15 is 0 Å². The first kappa shape index (κ1) is 14.5. The third kappa shape index (κ3) is 2.01. The Bertz CT molecular complexity index is 1070. The van der Waals surface area contributed by atoms with Gasteiger partial charge in [0.2, 0.25) is 0 Å². The maximum atomic E-state index is 14.8. The van der Waals surface area contributed by atoms with Crippen molar-refractivity contribution in [2.75, 3.05) is 12.3 Å². The second-order valence-electron chi connectivity index (χ2n) is 5.59. The van der Waals surface area contributed by atoms with Gasteiger partial charge in [0.1, 0.15) is 5.82 Å². The Hall–Kier alpha value is -3.09. The molecule has 3 aromatic heterocycles. The van der Waals surface area contributed by atoms with Crippen molar-refractivity contribution in [3.05, 3.63) is 42.0 Å². The van der Waals surface area contributed by atoms with Gasteiger partial charge >= 0.3 is 0 Å². The summed E-state index contributed by atoms with van der Waals surface area (Å²) in [6, 6.07) is 5.53. The van der Waals surface area contributed by atoms with Crippen LogP contribution in [-0.4, -0.2) is 26.4 Å². The van der Waals surface area contributed by atoms with Crippen molar-refractivity contribution in [3.8, 4) is 16.9 Å². The number of nitrogens with one attached hydrogen (secondary N) is 1. The molecule has 0 unspecified atom stereocenters. The van der Waals surface area contributed by atoms with Gasteiger partial charge in [-0.15, -0.1) is 0 Å². The van der Waals surface area contributed by atoms with Crippen molar-refractivity contribution in [2.24, 2.45) is 0 Å². The number of aromatic nitrogens is 4. The number of H-pyrrole nitrogens is 1. The van der Waals surface area contributed by atoms with E-state index < -0.39 is 0 Å². The van der Waals surface area contributed by atoms with Gasteiger partial charge in [-0.2, -0.15) is 10.2 Å². The number of hydrogen-bond donors (Lipinski definition) is 2. The summed E-state index contributed by atoms with van der Waals surface area (Å²) in [6.45, 7) is 3.91. The van der Waals surface area contributed by atoms with Crippen LogP contribution in [0.3, 0.4) is 0 Å². The van der Waals surface area contributed by atoms with E-state index in [0.29, 0.717) is 29.1 Å². The predicted octanol–water partition coefficient (Wildman–Crippen LogP) is 3.31. The Labute approximate surface area is 137 Å². The number of aromatic amines is 1. The van der Waals surface area contributed by atoms with Crippen LogP contribution in [0.2, 0.25) is 0 Å². The average Bonchev–Trinajstić information content (AvgIpc) is 3.17. The lowest BCUT2D eigenvalue weighted by molar-refractivity contribution is 0.323. The van der Waals surface area contributed by atoms with E-state index in [1.54, 1.807) is 29.9 Å². The Balaban J connectivity index is 2.07. The molecule has 0 aliphatic rings. The summed E-state index contributed by atoms with van der Waals surface area (Å²) >= 11 is 0. The van der Waals surface area contributed by atoms with E-state index in [1.807, 2.05) is 19.1 Å². The van der Waals surface area contributed by atoms with Crippen LogP contribution in [-0.2, 0) is 0 Å². The number of anilines is 1. The molecule has 4 rings (SSSR count). The monoisotopic (exact) mass is 325 g/mol. The summed E-state index contributed by atoms with van der Waals surface area (Å²) in [5, 5.41) is 11.9. The molecular formula is C17H16FN5O. The molecule has 0 aliphatic heterocycles. The number of nitrogen functional groups attached to an aromatic ring is 1. The zero-order chi connectivity index (χ0) is 16.8. The topological polar surface area (TPSA) is 81.2 Å². The minimum Gasteiger partial charge on any atom is -0.490 e. The molecule has 4 aromatic rings. The van der Waals surface area contributed by atoms with Gasteiger partial charge in [-0.05, 0) is 31.5 Å². The van der Waals surface area contributed by atoms with Crippen LogP contribution in [0.4, 0.5) is 10.2 Å². The molecule has 0 saturated heterocycles. The first-order valence-corrected chi connectivity index (χ1v) is 7.63. The fourth-order valence-corrected chi connectivity index (χ4v) is 3.01. The van der Waals surface area contributed by atoms with Crippen molar-refractivity contribution in [1.29, 1.82) is 0 Å². The lowest BCUT2D eigenvalue weighted by atomic mass is 9.98. The smallest absolute Gasteiger partial charge is 0.170 e. The number of nitrogens with zero attached hydrogens (tertiary/aromatic N) is 3. The number of benzene rings is 1. The van der Waals surface area contributed by atoms with Gasteiger partial charge in [-0.1, -0.05) is 0 Å². The fourth-order valence-electron chi connectivity index (χ4n) is 3.01. The predicted molar refractivity (Wildman–Crippen MR) is 90.6 cm³/mol. The molecule has 1 aromatic carbocycles. The lowest BCUT2D eigenvalue weighted by Crippen LogP contribution is -2.01. The summed E-state index contributed by atoms with van der Waals surface area (Å²) in [4.78, 5) is 0. The van der Waals surface area contributed by atoms with Gasteiger partial charge in [0.15, 0.2) is 11.6 Å². The van der Waals surface area contributed by atoms with Crippen LogP contribution < -0.4 is 10.5 Å². The highest BCUT2D eigenvalue weighted by molar-refractivity contribution is 6.00.